The van der Waals surface area contributed by atoms with Crippen molar-refractivity contribution >= 4 is 17.1 Å². The molecule has 0 saturated carbocycles. The summed E-state index contributed by atoms with van der Waals surface area (Å²) in [6, 6.07) is 4.07. The number of carbonyl (C=O) groups excluding carboxylic acids is 1. The highest BCUT2D eigenvalue weighted by molar-refractivity contribution is 7.12. The van der Waals surface area contributed by atoms with Gasteiger partial charge < -0.3 is 0 Å². The van der Waals surface area contributed by atoms with Gasteiger partial charge in [-0.15, -0.1) is 11.3 Å². The molecule has 0 saturated heterocycles. The summed E-state index contributed by atoms with van der Waals surface area (Å²) >= 11 is 1.54. The van der Waals surface area contributed by atoms with Crippen molar-refractivity contribution in [1.82, 2.24) is 9.78 Å². The summed E-state index contributed by atoms with van der Waals surface area (Å²) in [6.07, 6.45) is 2.26. The molecule has 2 aromatic rings. The predicted octanol–water partition coefficient (Wildman–Crippen LogP) is 3.03. The molecule has 0 aliphatic heterocycles. The van der Waals surface area contributed by atoms with E-state index in [0.29, 0.717) is 6.42 Å². The lowest BCUT2D eigenvalue weighted by molar-refractivity contribution is 0.0994. The molecule has 0 fully saturated rings. The fraction of sp³-hybridized carbons (Fsp3) is 0.429. The second-order valence-corrected chi connectivity index (χ2v) is 5.25. The second-order valence-electron chi connectivity index (χ2n) is 4.33. The quantitative estimate of drug-likeness (QED) is 0.776. The van der Waals surface area contributed by atoms with Crippen molar-refractivity contribution in [3.8, 4) is 0 Å². The molecule has 2 heterocycles. The topological polar surface area (TPSA) is 34.9 Å². The smallest absolute Gasteiger partial charge is 0.178 e. The van der Waals surface area contributed by atoms with Crippen molar-refractivity contribution in [1.29, 1.82) is 0 Å². The lowest BCUT2D eigenvalue weighted by Gasteiger charge is -2.02. The van der Waals surface area contributed by atoms with Crippen LogP contribution in [0.1, 0.15) is 40.5 Å². The first-order valence-corrected chi connectivity index (χ1v) is 7.15. The van der Waals surface area contributed by atoms with Gasteiger partial charge in [-0.3, -0.25) is 9.48 Å². The average molecular weight is 262 g/mol. The van der Waals surface area contributed by atoms with Gasteiger partial charge in [-0.2, -0.15) is 5.10 Å². The van der Waals surface area contributed by atoms with E-state index in [9.17, 15) is 4.79 Å². The van der Waals surface area contributed by atoms with Crippen molar-refractivity contribution < 1.29 is 4.79 Å². The highest BCUT2D eigenvalue weighted by atomic mass is 32.1. The van der Waals surface area contributed by atoms with E-state index in [1.165, 1.54) is 0 Å². The minimum Gasteiger partial charge on any atom is -0.293 e. The van der Waals surface area contributed by atoms with Gasteiger partial charge in [0, 0.05) is 12.7 Å². The van der Waals surface area contributed by atoms with Crippen LogP contribution in [0.25, 0.3) is 0 Å². The second kappa shape index (κ2) is 5.48. The predicted molar refractivity (Wildman–Crippen MR) is 74.3 cm³/mol. The Kier molecular flexibility index (Phi) is 3.97. The maximum Gasteiger partial charge on any atom is 0.178 e. The van der Waals surface area contributed by atoms with Gasteiger partial charge in [-0.25, -0.2) is 0 Å². The Morgan fingerprint density at radius 2 is 2.17 bits per heavy atom. The number of hydrogen-bond donors (Lipinski definition) is 0. The molecule has 2 aromatic heterocycles. The Labute approximate surface area is 111 Å². The van der Waals surface area contributed by atoms with E-state index in [1.807, 2.05) is 29.2 Å². The third-order valence-electron chi connectivity index (χ3n) is 3.11. The zero-order valence-electron chi connectivity index (χ0n) is 11.1. The highest BCUT2D eigenvalue weighted by Crippen LogP contribution is 2.20. The number of thiophene rings is 1. The molecule has 0 N–H and O–H groups in total. The first-order valence-electron chi connectivity index (χ1n) is 6.27. The van der Waals surface area contributed by atoms with Crippen LogP contribution < -0.4 is 0 Å². The number of aryl methyl sites for hydroxylation is 3. The lowest BCUT2D eigenvalue weighted by Crippen LogP contribution is -2.08. The van der Waals surface area contributed by atoms with Gasteiger partial charge in [-0.1, -0.05) is 13.8 Å². The van der Waals surface area contributed by atoms with E-state index >= 15 is 0 Å². The van der Waals surface area contributed by atoms with Crippen LogP contribution in [0.2, 0.25) is 0 Å². The molecule has 3 nitrogen and oxygen atoms in total. The van der Waals surface area contributed by atoms with Crippen LogP contribution in [0.15, 0.2) is 17.5 Å². The van der Waals surface area contributed by atoms with Crippen molar-refractivity contribution in [2.24, 2.45) is 7.05 Å². The van der Waals surface area contributed by atoms with Crippen molar-refractivity contribution in [3.63, 3.8) is 0 Å². The maximum atomic E-state index is 12.3. The number of rotatable bonds is 5. The Morgan fingerprint density at radius 1 is 1.39 bits per heavy atom. The van der Waals surface area contributed by atoms with Gasteiger partial charge in [0.15, 0.2) is 5.78 Å². The fourth-order valence-electron chi connectivity index (χ4n) is 2.01. The number of Topliss-reactive ketones (excluding diaryl/α,β-unsaturated/α-hetero) is 1. The Bertz CT molecular complexity index is 554. The van der Waals surface area contributed by atoms with Crippen LogP contribution >= 0.6 is 11.3 Å². The van der Waals surface area contributed by atoms with E-state index < -0.39 is 0 Å². The van der Waals surface area contributed by atoms with Gasteiger partial charge in [0.2, 0.25) is 0 Å². The molecule has 2 rings (SSSR count). The molecule has 0 amide bonds. The Balaban J connectivity index is 2.18. The number of carbonyl (C=O) groups is 1. The number of ketones is 1. The third-order valence-corrected chi connectivity index (χ3v) is 4.11. The van der Waals surface area contributed by atoms with E-state index in [0.717, 1.165) is 34.7 Å². The number of aromatic nitrogens is 2. The van der Waals surface area contributed by atoms with Crippen LogP contribution in [0, 0.1) is 0 Å². The maximum absolute atomic E-state index is 12.3. The van der Waals surface area contributed by atoms with Crippen LogP contribution in [-0.4, -0.2) is 15.6 Å². The molecule has 0 bridgehead atoms. The Hall–Kier alpha value is -1.42. The van der Waals surface area contributed by atoms with Crippen molar-refractivity contribution in [3.05, 3.63) is 39.3 Å². The normalized spacial score (nSPS) is 10.8. The van der Waals surface area contributed by atoms with Crippen LogP contribution in [0.3, 0.4) is 0 Å². The monoisotopic (exact) mass is 262 g/mol. The molecular formula is C14H18N2OS. The van der Waals surface area contributed by atoms with Gasteiger partial charge in [-0.05, 0) is 35.9 Å². The Morgan fingerprint density at radius 3 is 2.78 bits per heavy atom. The molecule has 0 aliphatic carbocycles. The number of nitrogens with zero attached hydrogens (tertiary/aromatic N) is 2. The van der Waals surface area contributed by atoms with Crippen LogP contribution in [-0.2, 0) is 26.3 Å². The van der Waals surface area contributed by atoms with Gasteiger partial charge in [0.05, 0.1) is 17.0 Å². The van der Waals surface area contributed by atoms with Gasteiger partial charge in [0.25, 0.3) is 0 Å². The molecule has 0 aliphatic rings. The summed E-state index contributed by atoms with van der Waals surface area (Å²) in [6.45, 7) is 4.15. The molecule has 96 valence electrons. The first-order chi connectivity index (χ1) is 8.65. The molecule has 0 radical (unpaired) electrons. The fourth-order valence-corrected chi connectivity index (χ4v) is 2.95. The van der Waals surface area contributed by atoms with E-state index in [4.69, 9.17) is 0 Å². The van der Waals surface area contributed by atoms with Crippen molar-refractivity contribution in [2.45, 2.75) is 33.1 Å². The zero-order valence-corrected chi connectivity index (χ0v) is 11.9. The molecule has 0 spiro atoms. The average Bonchev–Trinajstić information content (AvgIpc) is 2.96. The summed E-state index contributed by atoms with van der Waals surface area (Å²) in [5, 5.41) is 6.37. The van der Waals surface area contributed by atoms with Crippen molar-refractivity contribution in [2.75, 3.05) is 0 Å². The van der Waals surface area contributed by atoms with E-state index in [2.05, 4.69) is 18.9 Å². The largest absolute Gasteiger partial charge is 0.293 e. The third kappa shape index (κ3) is 2.53. The minimum absolute atomic E-state index is 0.201. The summed E-state index contributed by atoms with van der Waals surface area (Å²) in [5.41, 5.74) is 3.19. The SMILES string of the molecule is CCc1cc(CC(=O)c2sccc2CC)n(C)n1. The van der Waals surface area contributed by atoms with Gasteiger partial charge in [0.1, 0.15) is 0 Å². The molecule has 0 unspecified atom stereocenters. The summed E-state index contributed by atoms with van der Waals surface area (Å²) in [4.78, 5) is 13.2. The van der Waals surface area contributed by atoms with Crippen LogP contribution in [0.4, 0.5) is 0 Å². The summed E-state index contributed by atoms with van der Waals surface area (Å²) in [7, 11) is 1.90. The van der Waals surface area contributed by atoms with Gasteiger partial charge >= 0.3 is 0 Å². The molecular weight excluding hydrogens is 244 g/mol. The first kappa shape index (κ1) is 13.0. The molecule has 0 atom stereocenters. The molecule has 4 heteroatoms. The molecule has 18 heavy (non-hydrogen) atoms. The standard InChI is InChI=1S/C14H18N2OS/c1-4-10-6-7-18-14(10)13(17)9-12-8-11(5-2)15-16(12)3/h6-8H,4-5,9H2,1-3H3. The summed E-state index contributed by atoms with van der Waals surface area (Å²) in [5.74, 6) is 0.201. The lowest BCUT2D eigenvalue weighted by atomic mass is 10.1. The number of hydrogen-bond acceptors (Lipinski definition) is 3. The van der Waals surface area contributed by atoms with E-state index in [-0.39, 0.29) is 5.78 Å². The minimum atomic E-state index is 0.201. The van der Waals surface area contributed by atoms with E-state index in [1.54, 1.807) is 11.3 Å². The molecule has 0 aromatic carbocycles. The summed E-state index contributed by atoms with van der Waals surface area (Å²) < 4.78 is 1.82. The zero-order chi connectivity index (χ0) is 13.1. The highest BCUT2D eigenvalue weighted by Gasteiger charge is 2.15. The van der Waals surface area contributed by atoms with Crippen LogP contribution in [0.5, 0.6) is 0 Å².